The highest BCUT2D eigenvalue weighted by Crippen LogP contribution is 2.49. The van der Waals surface area contributed by atoms with Gasteiger partial charge in [0.1, 0.15) is 0 Å². The zero-order chi connectivity index (χ0) is 39.8. The first-order valence-electron chi connectivity index (χ1n) is 21.5. The number of aromatic nitrogens is 1. The molecular formula is C58H46N2. The van der Waals surface area contributed by atoms with Crippen molar-refractivity contribution in [2.45, 2.75) is 38.0 Å². The summed E-state index contributed by atoms with van der Waals surface area (Å²) in [5, 5.41) is 5.17. The van der Waals surface area contributed by atoms with Gasteiger partial charge in [0, 0.05) is 27.7 Å². The van der Waals surface area contributed by atoms with E-state index in [1.807, 2.05) is 0 Å². The van der Waals surface area contributed by atoms with Crippen molar-refractivity contribution in [1.29, 1.82) is 0 Å². The zero-order valence-electron chi connectivity index (χ0n) is 33.7. The van der Waals surface area contributed by atoms with Crippen LogP contribution in [0.3, 0.4) is 0 Å². The Balaban J connectivity index is 1.13. The number of benzene rings is 9. The molecule has 0 N–H and O–H groups in total. The van der Waals surface area contributed by atoms with Gasteiger partial charge in [-0.1, -0.05) is 183 Å². The second-order valence-corrected chi connectivity index (χ2v) is 16.3. The molecule has 0 spiro atoms. The summed E-state index contributed by atoms with van der Waals surface area (Å²) in [6.07, 6.45) is 6.48. The molecular weight excluding hydrogens is 725 g/mol. The second kappa shape index (κ2) is 15.5. The van der Waals surface area contributed by atoms with Gasteiger partial charge in [0.2, 0.25) is 0 Å². The minimum atomic E-state index is 0.582. The van der Waals surface area contributed by atoms with Gasteiger partial charge in [0.05, 0.1) is 22.4 Å². The van der Waals surface area contributed by atoms with Crippen LogP contribution in [0.25, 0.3) is 71.6 Å². The van der Waals surface area contributed by atoms with Crippen molar-refractivity contribution in [2.75, 3.05) is 4.90 Å². The Bertz CT molecular complexity index is 3090. The first-order valence-corrected chi connectivity index (χ1v) is 21.5. The summed E-state index contributed by atoms with van der Waals surface area (Å²) >= 11 is 0. The van der Waals surface area contributed by atoms with E-state index < -0.39 is 0 Å². The summed E-state index contributed by atoms with van der Waals surface area (Å²) in [6, 6.07) is 78.2. The van der Waals surface area contributed by atoms with Crippen molar-refractivity contribution in [3.05, 3.63) is 218 Å². The maximum Gasteiger partial charge on any atom is 0.0562 e. The molecule has 2 nitrogen and oxygen atoms in total. The molecule has 1 heterocycles. The molecule has 11 rings (SSSR count). The van der Waals surface area contributed by atoms with Gasteiger partial charge in [0.25, 0.3) is 0 Å². The lowest BCUT2D eigenvalue weighted by Crippen LogP contribution is -2.12. The molecule has 60 heavy (non-hydrogen) atoms. The van der Waals surface area contributed by atoms with E-state index in [0.717, 1.165) is 22.7 Å². The molecule has 0 atom stereocenters. The molecule has 0 unspecified atom stereocenters. The molecule has 0 saturated heterocycles. The number of fused-ring (bicyclic) bond motifs is 4. The van der Waals surface area contributed by atoms with E-state index >= 15 is 0 Å². The Morgan fingerprint density at radius 1 is 0.383 bits per heavy atom. The van der Waals surface area contributed by atoms with E-state index in [1.54, 1.807) is 0 Å². The number of para-hydroxylation sites is 3. The number of rotatable bonds is 8. The summed E-state index contributed by atoms with van der Waals surface area (Å²) in [7, 11) is 0. The van der Waals surface area contributed by atoms with Crippen LogP contribution >= 0.6 is 0 Å². The number of hydrogen-bond donors (Lipinski definition) is 0. The third-order valence-corrected chi connectivity index (χ3v) is 12.8. The van der Waals surface area contributed by atoms with Gasteiger partial charge in [-0.15, -0.1) is 0 Å². The summed E-state index contributed by atoms with van der Waals surface area (Å²) in [4.78, 5) is 2.52. The summed E-state index contributed by atoms with van der Waals surface area (Å²) in [5.41, 5.74) is 15.8. The first-order chi connectivity index (χ1) is 29.8. The van der Waals surface area contributed by atoms with E-state index in [2.05, 4.69) is 222 Å². The molecule has 9 aromatic carbocycles. The lowest BCUT2D eigenvalue weighted by molar-refractivity contribution is 0.445. The molecule has 1 fully saturated rings. The molecule has 2 heteroatoms. The predicted octanol–water partition coefficient (Wildman–Crippen LogP) is 16.5. The van der Waals surface area contributed by atoms with E-state index in [1.165, 1.54) is 104 Å². The number of nitrogens with zero attached hydrogens (tertiary/aromatic N) is 2. The minimum absolute atomic E-state index is 0.582. The summed E-state index contributed by atoms with van der Waals surface area (Å²) < 4.78 is 2.42. The number of anilines is 3. The minimum Gasteiger partial charge on any atom is -0.309 e. The predicted molar refractivity (Wildman–Crippen MR) is 255 cm³/mol. The van der Waals surface area contributed by atoms with Crippen molar-refractivity contribution in [1.82, 2.24) is 4.57 Å². The quantitative estimate of drug-likeness (QED) is 0.149. The standard InChI is InChI=1S/C58H46N2/c1-4-17-41(18-5-1)42-33-35-43(36-34-42)44-37-39-48(40-38-44)60(56-32-16-31-55-58(56)52-26-11-13-30-54(52)59(55)47-23-8-3-9-24-47)53-29-12-10-25-50(53)51-28-15-22-46-21-14-27-49(57(46)51)45-19-6-2-7-20-45/h1,3-5,8-18,21-40,45H,2,6-7,19-20H2. The highest BCUT2D eigenvalue weighted by atomic mass is 15.2. The summed E-state index contributed by atoms with van der Waals surface area (Å²) in [5.74, 6) is 0.582. The SMILES string of the molecule is c1ccc(-c2ccc(-c3ccc(N(c4ccccc4-c4cccc5cccc(C6CCCCC6)c45)c4cccc5c4c4ccccc4n5-c4ccccc4)cc3)cc2)cc1. The molecule has 1 aromatic heterocycles. The van der Waals surface area contributed by atoms with Gasteiger partial charge < -0.3 is 9.47 Å². The largest absolute Gasteiger partial charge is 0.309 e. The van der Waals surface area contributed by atoms with Crippen molar-refractivity contribution in [3.8, 4) is 39.1 Å². The van der Waals surface area contributed by atoms with Crippen molar-refractivity contribution < 1.29 is 0 Å². The van der Waals surface area contributed by atoms with Gasteiger partial charge in [-0.05, 0) is 111 Å². The molecule has 0 amide bonds. The van der Waals surface area contributed by atoms with E-state index in [0.29, 0.717) is 5.92 Å². The summed E-state index contributed by atoms with van der Waals surface area (Å²) in [6.45, 7) is 0. The van der Waals surface area contributed by atoms with E-state index in [-0.39, 0.29) is 0 Å². The monoisotopic (exact) mass is 770 g/mol. The molecule has 0 radical (unpaired) electrons. The van der Waals surface area contributed by atoms with Gasteiger partial charge in [-0.25, -0.2) is 0 Å². The molecule has 1 aliphatic rings. The van der Waals surface area contributed by atoms with Crippen LogP contribution in [0.1, 0.15) is 43.6 Å². The van der Waals surface area contributed by atoms with Crippen LogP contribution in [-0.2, 0) is 0 Å². The maximum absolute atomic E-state index is 2.52. The van der Waals surface area contributed by atoms with Crippen molar-refractivity contribution >= 4 is 49.6 Å². The average Bonchev–Trinajstić information content (AvgIpc) is 3.68. The lowest BCUT2D eigenvalue weighted by Gasteiger charge is -2.30. The molecule has 1 aliphatic carbocycles. The Morgan fingerprint density at radius 2 is 0.933 bits per heavy atom. The van der Waals surface area contributed by atoms with Crippen molar-refractivity contribution in [2.24, 2.45) is 0 Å². The van der Waals surface area contributed by atoms with Crippen molar-refractivity contribution in [3.63, 3.8) is 0 Å². The third-order valence-electron chi connectivity index (χ3n) is 12.8. The molecule has 0 bridgehead atoms. The fourth-order valence-electron chi connectivity index (χ4n) is 9.98. The average molecular weight is 771 g/mol. The van der Waals surface area contributed by atoms with Crippen LogP contribution in [0.2, 0.25) is 0 Å². The fraction of sp³-hybridized carbons (Fsp3) is 0.103. The molecule has 1 saturated carbocycles. The Labute approximate surface area is 352 Å². The van der Waals surface area contributed by atoms with Gasteiger partial charge >= 0.3 is 0 Å². The van der Waals surface area contributed by atoms with Crippen LogP contribution in [0, 0.1) is 0 Å². The van der Waals surface area contributed by atoms with E-state index in [4.69, 9.17) is 0 Å². The topological polar surface area (TPSA) is 8.17 Å². The third kappa shape index (κ3) is 6.37. The highest BCUT2D eigenvalue weighted by molar-refractivity contribution is 6.17. The van der Waals surface area contributed by atoms with Gasteiger partial charge in [0.15, 0.2) is 0 Å². The Kier molecular flexibility index (Phi) is 9.32. The Morgan fingerprint density at radius 3 is 1.68 bits per heavy atom. The van der Waals surface area contributed by atoms with Crippen LogP contribution in [-0.4, -0.2) is 4.57 Å². The van der Waals surface area contributed by atoms with Crippen LogP contribution in [0.5, 0.6) is 0 Å². The molecule has 0 aliphatic heterocycles. The zero-order valence-corrected chi connectivity index (χ0v) is 33.7. The maximum atomic E-state index is 2.52. The van der Waals surface area contributed by atoms with Crippen LogP contribution in [0.15, 0.2) is 212 Å². The molecule has 10 aromatic rings. The highest BCUT2D eigenvalue weighted by Gasteiger charge is 2.25. The molecule has 288 valence electrons. The van der Waals surface area contributed by atoms with Gasteiger partial charge in [-0.2, -0.15) is 0 Å². The van der Waals surface area contributed by atoms with E-state index in [9.17, 15) is 0 Å². The normalized spacial score (nSPS) is 13.3. The number of hydrogen-bond acceptors (Lipinski definition) is 1. The van der Waals surface area contributed by atoms with Crippen LogP contribution in [0.4, 0.5) is 17.1 Å². The Hall–Kier alpha value is -7.16. The van der Waals surface area contributed by atoms with Gasteiger partial charge in [-0.3, -0.25) is 0 Å². The smallest absolute Gasteiger partial charge is 0.0562 e. The first kappa shape index (κ1) is 36.0. The fourth-order valence-corrected chi connectivity index (χ4v) is 9.98. The van der Waals surface area contributed by atoms with Crippen LogP contribution < -0.4 is 4.90 Å². The lowest BCUT2D eigenvalue weighted by atomic mass is 9.80. The second-order valence-electron chi connectivity index (χ2n) is 16.3.